The first kappa shape index (κ1) is 22.9. The summed E-state index contributed by atoms with van der Waals surface area (Å²) in [5.41, 5.74) is 1.11. The fraction of sp³-hybridized carbons (Fsp3) is 0.391. The van der Waals surface area contributed by atoms with Gasteiger partial charge < -0.3 is 10.2 Å². The van der Waals surface area contributed by atoms with Gasteiger partial charge in [-0.05, 0) is 37.5 Å². The average Bonchev–Trinajstić information content (AvgIpc) is 3.26. The van der Waals surface area contributed by atoms with E-state index in [4.69, 9.17) is 0 Å². The minimum absolute atomic E-state index is 0.0949. The monoisotopic (exact) mass is 487 g/mol. The number of para-hydroxylation sites is 1. The predicted octanol–water partition coefficient (Wildman–Crippen LogP) is 4.38. The van der Waals surface area contributed by atoms with Crippen LogP contribution in [0.4, 0.5) is 5.69 Å². The molecule has 0 aromatic heterocycles. The molecule has 0 bridgehead atoms. The van der Waals surface area contributed by atoms with E-state index in [9.17, 15) is 19.7 Å². The van der Waals surface area contributed by atoms with Gasteiger partial charge in [-0.15, -0.1) is 0 Å². The third kappa shape index (κ3) is 6.13. The number of nitrogens with zero attached hydrogens (tertiary/aromatic N) is 2. The van der Waals surface area contributed by atoms with Gasteiger partial charge in [0, 0.05) is 28.7 Å². The summed E-state index contributed by atoms with van der Waals surface area (Å²) in [5.74, 6) is -0.522. The van der Waals surface area contributed by atoms with Gasteiger partial charge in [-0.1, -0.05) is 59.1 Å². The number of nitrogens with one attached hydrogen (secondary N) is 1. The molecule has 2 aromatic rings. The summed E-state index contributed by atoms with van der Waals surface area (Å²) in [6.45, 7) is 1.95. The summed E-state index contributed by atoms with van der Waals surface area (Å²) >= 11 is 3.40. The van der Waals surface area contributed by atoms with Crippen LogP contribution < -0.4 is 5.32 Å². The van der Waals surface area contributed by atoms with Gasteiger partial charge in [-0.2, -0.15) is 0 Å². The van der Waals surface area contributed by atoms with E-state index in [1.807, 2.05) is 24.3 Å². The molecule has 1 fully saturated rings. The second-order valence-corrected chi connectivity index (χ2v) is 8.79. The highest BCUT2D eigenvalue weighted by Gasteiger charge is 2.29. The van der Waals surface area contributed by atoms with Crippen molar-refractivity contribution in [3.8, 4) is 0 Å². The Labute approximate surface area is 190 Å². The molecule has 31 heavy (non-hydrogen) atoms. The van der Waals surface area contributed by atoms with Gasteiger partial charge in [0.2, 0.25) is 11.8 Å². The van der Waals surface area contributed by atoms with Crippen LogP contribution in [0.1, 0.15) is 43.7 Å². The van der Waals surface area contributed by atoms with Crippen molar-refractivity contribution in [2.75, 3.05) is 0 Å². The summed E-state index contributed by atoms with van der Waals surface area (Å²) < 4.78 is 0.918. The van der Waals surface area contributed by atoms with Crippen LogP contribution in [-0.4, -0.2) is 33.7 Å². The number of carbonyl (C=O) groups excluding carboxylic acids is 2. The number of rotatable bonds is 8. The number of hydrogen-bond acceptors (Lipinski definition) is 4. The SMILES string of the molecule is CC(C(=O)NC1CCCC1)N(Cc1ccc(Br)cc1)C(=O)Cc1ccccc1[N+](=O)[O-]. The van der Waals surface area contributed by atoms with Gasteiger partial charge in [-0.25, -0.2) is 0 Å². The lowest BCUT2D eigenvalue weighted by Crippen LogP contribution is -2.50. The van der Waals surface area contributed by atoms with Crippen molar-refractivity contribution in [3.63, 3.8) is 0 Å². The number of hydrogen-bond donors (Lipinski definition) is 1. The van der Waals surface area contributed by atoms with Crippen LogP contribution in [-0.2, 0) is 22.6 Å². The fourth-order valence-corrected chi connectivity index (χ4v) is 4.13. The fourth-order valence-electron chi connectivity index (χ4n) is 3.86. The number of halogens is 1. The zero-order valence-corrected chi connectivity index (χ0v) is 19.0. The second kappa shape index (κ2) is 10.5. The van der Waals surface area contributed by atoms with Crippen molar-refractivity contribution >= 4 is 33.4 Å². The Morgan fingerprint density at radius 2 is 1.81 bits per heavy atom. The number of benzene rings is 2. The molecular formula is C23H26BrN3O4. The Bertz CT molecular complexity index is 942. The Balaban J connectivity index is 1.81. The van der Waals surface area contributed by atoms with Crippen molar-refractivity contribution in [2.45, 2.75) is 57.7 Å². The molecule has 0 aliphatic heterocycles. The maximum Gasteiger partial charge on any atom is 0.273 e. The molecular weight excluding hydrogens is 462 g/mol. The van der Waals surface area contributed by atoms with Crippen molar-refractivity contribution in [1.82, 2.24) is 10.2 Å². The van der Waals surface area contributed by atoms with Crippen LogP contribution >= 0.6 is 15.9 Å². The molecule has 1 N–H and O–H groups in total. The minimum atomic E-state index is -0.695. The van der Waals surface area contributed by atoms with E-state index in [2.05, 4.69) is 21.2 Å². The van der Waals surface area contributed by atoms with Crippen LogP contribution in [0.2, 0.25) is 0 Å². The molecule has 3 rings (SSSR count). The van der Waals surface area contributed by atoms with E-state index in [1.54, 1.807) is 25.1 Å². The molecule has 2 aromatic carbocycles. The molecule has 1 saturated carbocycles. The molecule has 164 valence electrons. The maximum atomic E-state index is 13.3. The molecule has 2 amide bonds. The van der Waals surface area contributed by atoms with Gasteiger partial charge in [-0.3, -0.25) is 19.7 Å². The summed E-state index contributed by atoms with van der Waals surface area (Å²) in [7, 11) is 0. The molecule has 0 radical (unpaired) electrons. The van der Waals surface area contributed by atoms with Crippen LogP contribution in [0.15, 0.2) is 53.0 Å². The molecule has 7 nitrogen and oxygen atoms in total. The predicted molar refractivity (Wildman–Crippen MR) is 121 cm³/mol. The third-order valence-corrected chi connectivity index (χ3v) is 6.19. The number of amides is 2. The lowest BCUT2D eigenvalue weighted by molar-refractivity contribution is -0.385. The first-order valence-corrected chi connectivity index (χ1v) is 11.2. The zero-order valence-electron chi connectivity index (χ0n) is 17.4. The molecule has 0 saturated heterocycles. The van der Waals surface area contributed by atoms with Crippen molar-refractivity contribution in [1.29, 1.82) is 0 Å². The highest BCUT2D eigenvalue weighted by Crippen LogP contribution is 2.22. The quantitative estimate of drug-likeness (QED) is 0.441. The van der Waals surface area contributed by atoms with E-state index in [1.165, 1.54) is 11.0 Å². The van der Waals surface area contributed by atoms with E-state index >= 15 is 0 Å². The highest BCUT2D eigenvalue weighted by molar-refractivity contribution is 9.10. The molecule has 0 spiro atoms. The summed E-state index contributed by atoms with van der Waals surface area (Å²) in [6.07, 6.45) is 3.95. The highest BCUT2D eigenvalue weighted by atomic mass is 79.9. The third-order valence-electron chi connectivity index (χ3n) is 5.67. The van der Waals surface area contributed by atoms with E-state index in [0.717, 1.165) is 35.7 Å². The van der Waals surface area contributed by atoms with Gasteiger partial charge in [0.05, 0.1) is 11.3 Å². The van der Waals surface area contributed by atoms with Gasteiger partial charge in [0.15, 0.2) is 0 Å². The Hall–Kier alpha value is -2.74. The van der Waals surface area contributed by atoms with Crippen molar-refractivity contribution in [3.05, 3.63) is 74.2 Å². The molecule has 8 heteroatoms. The molecule has 1 aliphatic carbocycles. The van der Waals surface area contributed by atoms with Crippen LogP contribution in [0.3, 0.4) is 0 Å². The second-order valence-electron chi connectivity index (χ2n) is 7.88. The van der Waals surface area contributed by atoms with Gasteiger partial charge >= 0.3 is 0 Å². The van der Waals surface area contributed by atoms with E-state index in [-0.39, 0.29) is 36.5 Å². The first-order chi connectivity index (χ1) is 14.8. The van der Waals surface area contributed by atoms with Crippen molar-refractivity contribution < 1.29 is 14.5 Å². The number of nitro groups is 1. The Kier molecular flexibility index (Phi) is 7.79. The number of carbonyl (C=O) groups is 2. The van der Waals surface area contributed by atoms with E-state index < -0.39 is 11.0 Å². The summed E-state index contributed by atoms with van der Waals surface area (Å²) in [6, 6.07) is 13.2. The summed E-state index contributed by atoms with van der Waals surface area (Å²) in [4.78, 5) is 38.5. The smallest absolute Gasteiger partial charge is 0.273 e. The minimum Gasteiger partial charge on any atom is -0.352 e. The van der Waals surface area contributed by atoms with Crippen LogP contribution in [0.5, 0.6) is 0 Å². The van der Waals surface area contributed by atoms with E-state index in [0.29, 0.717) is 5.56 Å². The molecule has 0 heterocycles. The average molecular weight is 488 g/mol. The maximum absolute atomic E-state index is 13.3. The Morgan fingerprint density at radius 3 is 2.45 bits per heavy atom. The number of nitro benzene ring substituents is 1. The van der Waals surface area contributed by atoms with Gasteiger partial charge in [0.1, 0.15) is 6.04 Å². The Morgan fingerprint density at radius 1 is 1.16 bits per heavy atom. The summed E-state index contributed by atoms with van der Waals surface area (Å²) in [5, 5.41) is 14.4. The van der Waals surface area contributed by atoms with Crippen LogP contribution in [0, 0.1) is 10.1 Å². The molecule has 1 unspecified atom stereocenters. The van der Waals surface area contributed by atoms with Crippen LogP contribution in [0.25, 0.3) is 0 Å². The lowest BCUT2D eigenvalue weighted by atomic mass is 10.1. The zero-order chi connectivity index (χ0) is 22.4. The molecule has 1 aliphatic rings. The first-order valence-electron chi connectivity index (χ1n) is 10.4. The largest absolute Gasteiger partial charge is 0.352 e. The normalized spacial score (nSPS) is 14.8. The van der Waals surface area contributed by atoms with Crippen molar-refractivity contribution in [2.24, 2.45) is 0 Å². The molecule has 1 atom stereocenters. The topological polar surface area (TPSA) is 92.6 Å². The van der Waals surface area contributed by atoms with Gasteiger partial charge in [0.25, 0.3) is 5.69 Å². The standard InChI is InChI=1S/C23H26BrN3O4/c1-16(23(29)25-20-7-3-4-8-20)26(15-17-10-12-19(24)13-11-17)22(28)14-18-6-2-5-9-21(18)27(30)31/h2,5-6,9-13,16,20H,3-4,7-8,14-15H2,1H3,(H,25,29). The lowest BCUT2D eigenvalue weighted by Gasteiger charge is -2.30.